The lowest BCUT2D eigenvalue weighted by Gasteiger charge is -2.07. The Kier molecular flexibility index (Phi) is 4.11. The van der Waals surface area contributed by atoms with Crippen molar-refractivity contribution in [3.05, 3.63) is 34.9 Å². The molecule has 2 nitrogen and oxygen atoms in total. The van der Waals surface area contributed by atoms with Crippen LogP contribution in [0.4, 0.5) is 0 Å². The number of rotatable bonds is 4. The first-order valence-electron chi connectivity index (χ1n) is 4.59. The minimum absolute atomic E-state index is 0.180. The first-order chi connectivity index (χ1) is 6.65. The molecule has 0 aromatic heterocycles. The van der Waals surface area contributed by atoms with Crippen molar-refractivity contribution < 1.29 is 9.90 Å². The van der Waals surface area contributed by atoms with Crippen LogP contribution in [0.5, 0.6) is 0 Å². The zero-order valence-electron chi connectivity index (χ0n) is 8.03. The number of carbonyl (C=O) groups excluding carboxylic acids is 1. The second-order valence-corrected chi connectivity index (χ2v) is 3.57. The van der Waals surface area contributed by atoms with Gasteiger partial charge < -0.3 is 5.11 Å². The van der Waals surface area contributed by atoms with Crippen LogP contribution in [0.25, 0.3) is 0 Å². The van der Waals surface area contributed by atoms with Gasteiger partial charge in [-0.15, -0.1) is 0 Å². The van der Waals surface area contributed by atoms with Crippen molar-refractivity contribution in [1.82, 2.24) is 0 Å². The summed E-state index contributed by atoms with van der Waals surface area (Å²) >= 11 is 5.88. The highest BCUT2D eigenvalue weighted by molar-refractivity contribution is 6.31. The van der Waals surface area contributed by atoms with Gasteiger partial charge in [0.15, 0.2) is 5.78 Å². The highest BCUT2D eigenvalue weighted by Crippen LogP contribution is 2.16. The molecule has 0 fully saturated rings. The van der Waals surface area contributed by atoms with E-state index < -0.39 is 6.10 Å². The molecule has 0 radical (unpaired) electrons. The number of aliphatic hydroxyl groups excluding tert-OH is 1. The van der Waals surface area contributed by atoms with E-state index in [0.29, 0.717) is 11.4 Å². The average molecular weight is 213 g/mol. The first-order valence-corrected chi connectivity index (χ1v) is 4.97. The number of hydrogen-bond acceptors (Lipinski definition) is 2. The van der Waals surface area contributed by atoms with Gasteiger partial charge in [-0.2, -0.15) is 0 Å². The summed E-state index contributed by atoms with van der Waals surface area (Å²) in [6.07, 6.45) is -0.218. The lowest BCUT2D eigenvalue weighted by atomic mass is 10.0. The van der Waals surface area contributed by atoms with Gasteiger partial charge in [0, 0.05) is 11.4 Å². The van der Waals surface area contributed by atoms with Crippen LogP contribution in [0.2, 0.25) is 5.02 Å². The fourth-order valence-electron chi connectivity index (χ4n) is 1.17. The molecule has 1 aromatic rings. The van der Waals surface area contributed by atoms with Crippen molar-refractivity contribution in [1.29, 1.82) is 0 Å². The molecule has 1 rings (SSSR count). The Morgan fingerprint density at radius 1 is 1.50 bits per heavy atom. The van der Waals surface area contributed by atoms with Crippen LogP contribution < -0.4 is 0 Å². The smallest absolute Gasteiger partial charge is 0.165 e. The number of carbonyl (C=O) groups is 1. The molecule has 0 amide bonds. The highest BCUT2D eigenvalue weighted by atomic mass is 35.5. The fourth-order valence-corrected chi connectivity index (χ4v) is 1.38. The largest absolute Gasteiger partial charge is 0.385 e. The zero-order valence-corrected chi connectivity index (χ0v) is 8.79. The van der Waals surface area contributed by atoms with Crippen LogP contribution in [0.15, 0.2) is 24.3 Å². The molecule has 1 unspecified atom stereocenters. The van der Waals surface area contributed by atoms with E-state index in [2.05, 4.69) is 0 Å². The number of Topliss-reactive ketones (excluding diaryl/α,β-unsaturated/α-hetero) is 1. The van der Waals surface area contributed by atoms with Gasteiger partial charge in [0.2, 0.25) is 0 Å². The molecule has 0 aliphatic rings. The molecule has 0 aliphatic heterocycles. The molecule has 0 saturated carbocycles. The van der Waals surface area contributed by atoms with E-state index in [0.717, 1.165) is 5.56 Å². The molecule has 1 N–H and O–H groups in total. The van der Waals surface area contributed by atoms with Gasteiger partial charge in [0.25, 0.3) is 0 Å². The van der Waals surface area contributed by atoms with Crippen LogP contribution in [-0.4, -0.2) is 17.0 Å². The number of ketones is 1. The molecular formula is C11H13ClO2. The molecule has 0 heterocycles. The predicted octanol–water partition coefficient (Wildman–Crippen LogP) is 2.22. The summed E-state index contributed by atoms with van der Waals surface area (Å²) in [5, 5.41) is 9.86. The summed E-state index contributed by atoms with van der Waals surface area (Å²) in [5.74, 6) is -0.180. The lowest BCUT2D eigenvalue weighted by molar-refractivity contribution is -0.126. The Bertz CT molecular complexity index is 323. The third-order valence-electron chi connectivity index (χ3n) is 2.08. The Morgan fingerprint density at radius 2 is 2.14 bits per heavy atom. The monoisotopic (exact) mass is 212 g/mol. The van der Waals surface area contributed by atoms with E-state index in [1.807, 2.05) is 12.1 Å². The topological polar surface area (TPSA) is 37.3 Å². The van der Waals surface area contributed by atoms with Crippen molar-refractivity contribution in [3.8, 4) is 0 Å². The van der Waals surface area contributed by atoms with Gasteiger partial charge in [-0.05, 0) is 18.1 Å². The maximum absolute atomic E-state index is 11.4. The van der Waals surface area contributed by atoms with Crippen molar-refractivity contribution in [3.63, 3.8) is 0 Å². The standard InChI is InChI=1S/C11H13ClO2/c1-2-10(13)11(14)7-8-5-3-4-6-9(8)12/h3-6,10,13H,2,7H2,1H3. The van der Waals surface area contributed by atoms with Crippen LogP contribution in [-0.2, 0) is 11.2 Å². The second kappa shape index (κ2) is 5.13. The Morgan fingerprint density at radius 3 is 2.71 bits per heavy atom. The SMILES string of the molecule is CCC(O)C(=O)Cc1ccccc1Cl. The van der Waals surface area contributed by atoms with Gasteiger partial charge in [-0.3, -0.25) is 4.79 Å². The van der Waals surface area contributed by atoms with Crippen molar-refractivity contribution in [2.75, 3.05) is 0 Å². The number of benzene rings is 1. The molecule has 0 aliphatic carbocycles. The van der Waals surface area contributed by atoms with Gasteiger partial charge in [0.1, 0.15) is 6.10 Å². The third kappa shape index (κ3) is 2.82. The molecule has 76 valence electrons. The molecule has 3 heteroatoms. The first kappa shape index (κ1) is 11.2. The Hall–Kier alpha value is -0.860. The molecule has 14 heavy (non-hydrogen) atoms. The van der Waals surface area contributed by atoms with E-state index in [4.69, 9.17) is 11.6 Å². The van der Waals surface area contributed by atoms with Gasteiger partial charge in [-0.1, -0.05) is 36.7 Å². The Labute approximate surface area is 88.5 Å². The van der Waals surface area contributed by atoms with Crippen LogP contribution in [0, 0.1) is 0 Å². The summed E-state index contributed by atoms with van der Waals surface area (Å²) in [6, 6.07) is 7.17. The molecule has 0 bridgehead atoms. The Balaban J connectivity index is 2.70. The molecule has 0 saturated heterocycles. The van der Waals surface area contributed by atoms with Gasteiger partial charge in [-0.25, -0.2) is 0 Å². The number of aliphatic hydroxyl groups is 1. The summed E-state index contributed by atoms with van der Waals surface area (Å²) in [7, 11) is 0. The van der Waals surface area contributed by atoms with Gasteiger partial charge >= 0.3 is 0 Å². The minimum Gasteiger partial charge on any atom is -0.385 e. The lowest BCUT2D eigenvalue weighted by Crippen LogP contribution is -2.21. The van der Waals surface area contributed by atoms with Crippen LogP contribution in [0.3, 0.4) is 0 Å². The van der Waals surface area contributed by atoms with E-state index in [1.165, 1.54) is 0 Å². The second-order valence-electron chi connectivity index (χ2n) is 3.16. The quantitative estimate of drug-likeness (QED) is 0.831. The van der Waals surface area contributed by atoms with E-state index in [9.17, 15) is 9.90 Å². The van der Waals surface area contributed by atoms with Crippen molar-refractivity contribution in [2.24, 2.45) is 0 Å². The average Bonchev–Trinajstić information content (AvgIpc) is 2.20. The molecular weight excluding hydrogens is 200 g/mol. The molecule has 1 atom stereocenters. The van der Waals surface area contributed by atoms with Crippen LogP contribution in [0.1, 0.15) is 18.9 Å². The fraction of sp³-hybridized carbons (Fsp3) is 0.364. The van der Waals surface area contributed by atoms with Gasteiger partial charge in [0.05, 0.1) is 0 Å². The highest BCUT2D eigenvalue weighted by Gasteiger charge is 2.14. The van der Waals surface area contributed by atoms with E-state index >= 15 is 0 Å². The maximum Gasteiger partial charge on any atom is 0.165 e. The number of hydrogen-bond donors (Lipinski definition) is 1. The molecule has 1 aromatic carbocycles. The minimum atomic E-state index is -0.869. The summed E-state index contributed by atoms with van der Waals surface area (Å²) in [5.41, 5.74) is 0.770. The predicted molar refractivity (Wildman–Crippen MR) is 56.5 cm³/mol. The van der Waals surface area contributed by atoms with E-state index in [-0.39, 0.29) is 12.2 Å². The van der Waals surface area contributed by atoms with Crippen molar-refractivity contribution in [2.45, 2.75) is 25.9 Å². The van der Waals surface area contributed by atoms with Crippen LogP contribution >= 0.6 is 11.6 Å². The summed E-state index contributed by atoms with van der Waals surface area (Å²) in [6.45, 7) is 1.77. The van der Waals surface area contributed by atoms with E-state index in [1.54, 1.807) is 19.1 Å². The molecule has 0 spiro atoms. The third-order valence-corrected chi connectivity index (χ3v) is 2.45. The maximum atomic E-state index is 11.4. The number of halogens is 1. The van der Waals surface area contributed by atoms with Crippen molar-refractivity contribution >= 4 is 17.4 Å². The summed E-state index contributed by atoms with van der Waals surface area (Å²) in [4.78, 5) is 11.4. The zero-order chi connectivity index (χ0) is 10.6. The normalized spacial score (nSPS) is 12.5. The summed E-state index contributed by atoms with van der Waals surface area (Å²) < 4.78 is 0.